The van der Waals surface area contributed by atoms with Gasteiger partial charge in [0, 0.05) is 48.6 Å². The second-order valence-electron chi connectivity index (χ2n) is 11.5. The maximum Gasteiger partial charge on any atom is 0.434 e. The predicted molar refractivity (Wildman–Crippen MR) is 168 cm³/mol. The Morgan fingerprint density at radius 3 is 2.53 bits per heavy atom. The van der Waals surface area contributed by atoms with Crippen molar-refractivity contribution in [3.05, 3.63) is 81.9 Å². The van der Waals surface area contributed by atoms with Crippen molar-refractivity contribution in [2.45, 2.75) is 50.4 Å². The molecule has 47 heavy (non-hydrogen) atoms. The van der Waals surface area contributed by atoms with Crippen LogP contribution in [0.2, 0.25) is 0 Å². The summed E-state index contributed by atoms with van der Waals surface area (Å²) in [6, 6.07) is 8.49. The minimum absolute atomic E-state index is 0.00813. The Labute approximate surface area is 265 Å². The van der Waals surface area contributed by atoms with Crippen molar-refractivity contribution in [1.29, 1.82) is 5.41 Å². The number of halogens is 3. The first-order chi connectivity index (χ1) is 22.7. The third kappa shape index (κ3) is 5.72. The zero-order valence-corrected chi connectivity index (χ0v) is 25.4. The van der Waals surface area contributed by atoms with Gasteiger partial charge >= 0.3 is 6.18 Å². The van der Waals surface area contributed by atoms with Crippen LogP contribution in [0.1, 0.15) is 60.2 Å². The highest BCUT2D eigenvalue weighted by molar-refractivity contribution is 6.37. The van der Waals surface area contributed by atoms with Gasteiger partial charge in [-0.2, -0.15) is 18.3 Å². The summed E-state index contributed by atoms with van der Waals surface area (Å²) < 4.78 is 49.1. The summed E-state index contributed by atoms with van der Waals surface area (Å²) in [4.78, 5) is 36.2. The zero-order chi connectivity index (χ0) is 32.9. The van der Waals surface area contributed by atoms with E-state index < -0.39 is 17.4 Å². The number of nitrogens with zero attached hydrogens (tertiary/aromatic N) is 8. The lowest BCUT2D eigenvalue weighted by Gasteiger charge is -2.15. The van der Waals surface area contributed by atoms with Crippen molar-refractivity contribution >= 4 is 23.0 Å². The van der Waals surface area contributed by atoms with Gasteiger partial charge in [0.15, 0.2) is 11.5 Å². The molecule has 0 saturated heterocycles. The van der Waals surface area contributed by atoms with E-state index in [0.717, 1.165) is 43.8 Å². The molecule has 1 aromatic carbocycles. The number of nitrogens with one attached hydrogen (secondary N) is 2. The molecule has 5 aromatic rings. The van der Waals surface area contributed by atoms with Crippen molar-refractivity contribution in [3.63, 3.8) is 0 Å². The van der Waals surface area contributed by atoms with Gasteiger partial charge < -0.3 is 20.1 Å². The minimum Gasteiger partial charge on any atom is -0.480 e. The number of pyridine rings is 1. The molecule has 2 saturated carbocycles. The predicted octanol–water partition coefficient (Wildman–Crippen LogP) is 4.97. The number of benzene rings is 1. The maximum atomic E-state index is 14.1. The molecule has 2 aliphatic rings. The van der Waals surface area contributed by atoms with E-state index >= 15 is 0 Å². The summed E-state index contributed by atoms with van der Waals surface area (Å²) in [6.07, 6.45) is 4.09. The fourth-order valence-corrected chi connectivity index (χ4v) is 5.63. The minimum atomic E-state index is -4.55. The van der Waals surface area contributed by atoms with Gasteiger partial charge in [0.1, 0.15) is 29.1 Å². The van der Waals surface area contributed by atoms with Gasteiger partial charge in [-0.25, -0.2) is 24.9 Å². The number of hydrogen-bond acceptors (Lipinski definition) is 10. The van der Waals surface area contributed by atoms with Crippen molar-refractivity contribution in [3.8, 4) is 28.7 Å². The number of hydrogen-bond donors (Lipinski definition) is 2. The average molecular weight is 643 g/mol. The first kappa shape index (κ1) is 30.2. The summed E-state index contributed by atoms with van der Waals surface area (Å²) in [5.41, 5.74) is 4.44. The molecule has 4 aromatic heterocycles. The molecule has 0 bridgehead atoms. The van der Waals surface area contributed by atoms with E-state index in [1.54, 1.807) is 48.1 Å². The highest BCUT2D eigenvalue weighted by Crippen LogP contribution is 2.45. The van der Waals surface area contributed by atoms with E-state index in [9.17, 15) is 18.0 Å². The lowest BCUT2D eigenvalue weighted by atomic mass is 10.1. The summed E-state index contributed by atoms with van der Waals surface area (Å²) >= 11 is 0. The molecule has 0 amide bonds. The third-order valence-electron chi connectivity index (χ3n) is 8.21. The Morgan fingerprint density at radius 2 is 1.89 bits per heavy atom. The van der Waals surface area contributed by atoms with Crippen LogP contribution in [0.15, 0.2) is 58.9 Å². The molecule has 2 N–H and O–H groups in total. The molecule has 4 heterocycles. The van der Waals surface area contributed by atoms with Gasteiger partial charge in [-0.05, 0) is 37.3 Å². The topological polar surface area (TPSA) is 149 Å². The third-order valence-corrected chi connectivity index (χ3v) is 8.21. The molecule has 2 fully saturated rings. The Hall–Kier alpha value is -5.47. The van der Waals surface area contributed by atoms with Gasteiger partial charge in [0.2, 0.25) is 5.88 Å². The van der Waals surface area contributed by atoms with E-state index in [2.05, 4.69) is 30.5 Å². The lowest BCUT2D eigenvalue weighted by molar-refractivity contribution is -0.140. The number of methoxy groups -OCH3 is 1. The quantitative estimate of drug-likeness (QED) is 0.160. The van der Waals surface area contributed by atoms with Crippen LogP contribution >= 0.6 is 0 Å². The van der Waals surface area contributed by atoms with E-state index in [0.29, 0.717) is 39.4 Å². The maximum absolute atomic E-state index is 14.1. The number of ether oxygens (including phenoxy) is 1. The van der Waals surface area contributed by atoms with Gasteiger partial charge in [-0.1, -0.05) is 24.3 Å². The average Bonchev–Trinajstić information content (AvgIpc) is 4.02. The van der Waals surface area contributed by atoms with Gasteiger partial charge in [0.25, 0.3) is 5.56 Å². The monoisotopic (exact) mass is 642 g/mol. The van der Waals surface area contributed by atoms with Gasteiger partial charge in [-0.3, -0.25) is 9.36 Å². The molecule has 0 unspecified atom stereocenters. The number of alkyl halides is 3. The first-order valence-electron chi connectivity index (χ1n) is 15.0. The highest BCUT2D eigenvalue weighted by Gasteiger charge is 2.37. The zero-order valence-electron chi connectivity index (χ0n) is 25.4. The number of imidazole rings is 1. The van der Waals surface area contributed by atoms with Crippen LogP contribution in [0, 0.1) is 5.41 Å². The molecule has 15 heteroatoms. The second kappa shape index (κ2) is 11.7. The molecular formula is C32H29F3N10O2. The molecule has 0 atom stereocenters. The fraction of sp³-hybridized carbons (Fsp3) is 0.312. The molecule has 7 rings (SSSR count). The highest BCUT2D eigenvalue weighted by atomic mass is 19.4. The Balaban J connectivity index is 1.34. The normalized spacial score (nSPS) is 15.2. The summed E-state index contributed by atoms with van der Waals surface area (Å²) in [6.45, 7) is 0.0630. The molecule has 0 spiro atoms. The van der Waals surface area contributed by atoms with Crippen LogP contribution in [0.25, 0.3) is 33.8 Å². The van der Waals surface area contributed by atoms with E-state index in [-0.39, 0.29) is 35.6 Å². The van der Waals surface area contributed by atoms with Gasteiger partial charge in [0.05, 0.1) is 24.9 Å². The van der Waals surface area contributed by atoms with E-state index in [1.807, 2.05) is 0 Å². The number of fused-ring (bicyclic) bond motifs is 1. The Morgan fingerprint density at radius 1 is 1.13 bits per heavy atom. The van der Waals surface area contributed by atoms with Crippen molar-refractivity contribution in [2.75, 3.05) is 14.2 Å². The van der Waals surface area contributed by atoms with E-state index in [4.69, 9.17) is 15.1 Å². The van der Waals surface area contributed by atoms with Crippen LogP contribution in [-0.4, -0.2) is 60.1 Å². The number of hydrazone groups is 1. The fourth-order valence-electron chi connectivity index (χ4n) is 5.63. The van der Waals surface area contributed by atoms with E-state index in [1.165, 1.54) is 18.0 Å². The molecule has 2 aliphatic carbocycles. The van der Waals surface area contributed by atoms with Crippen LogP contribution in [-0.2, 0) is 12.7 Å². The Kier molecular flexibility index (Phi) is 7.53. The second-order valence-corrected chi connectivity index (χ2v) is 11.5. The summed E-state index contributed by atoms with van der Waals surface area (Å²) in [5, 5.41) is 12.5. The van der Waals surface area contributed by atoms with Crippen molar-refractivity contribution < 1.29 is 17.9 Å². The standard InChI is InChI=1S/C32H29F3N10O2/c1-37-43-23(12-36)22-11-20-13-38-27(25-26(18-7-8-18)39-16-40-30(25)47-2)42-29(20)45(31(22)46)14-17-3-5-19(6-4-17)28-41-24(32(33,34)35)15-44(28)21-9-10-21/h3-6,11-13,15-16,18,21,36-37H,7-10,14H2,1-2H3/b36-12?,43-23+. The summed E-state index contributed by atoms with van der Waals surface area (Å²) in [5.74, 6) is 1.11. The summed E-state index contributed by atoms with van der Waals surface area (Å²) in [7, 11) is 3.08. The van der Waals surface area contributed by atoms with Crippen molar-refractivity contribution in [2.24, 2.45) is 5.10 Å². The number of aromatic nitrogens is 7. The van der Waals surface area contributed by atoms with Crippen LogP contribution < -0.4 is 15.7 Å². The smallest absolute Gasteiger partial charge is 0.434 e. The largest absolute Gasteiger partial charge is 0.480 e. The lowest BCUT2D eigenvalue weighted by Crippen LogP contribution is -2.29. The van der Waals surface area contributed by atoms with Gasteiger partial charge in [-0.15, -0.1) is 0 Å². The molecule has 240 valence electrons. The van der Waals surface area contributed by atoms with Crippen LogP contribution in [0.4, 0.5) is 13.2 Å². The SMILES string of the molecule is CN/N=C(\C=N)c1cc2cnc(-c3c(OC)ncnc3C3CC3)nc2n(Cc2ccc(-c3nc(C(F)(F)F)cn3C3CC3)cc2)c1=O. The molecule has 12 nitrogen and oxygen atoms in total. The molecular weight excluding hydrogens is 613 g/mol. The Bertz CT molecular complexity index is 2100. The number of rotatable bonds is 10. The molecule has 0 aliphatic heterocycles. The van der Waals surface area contributed by atoms with Crippen LogP contribution in [0.5, 0.6) is 5.88 Å². The van der Waals surface area contributed by atoms with Crippen LogP contribution in [0.3, 0.4) is 0 Å². The molecule has 0 radical (unpaired) electrons. The first-order valence-corrected chi connectivity index (χ1v) is 15.0. The van der Waals surface area contributed by atoms with Crippen molar-refractivity contribution in [1.82, 2.24) is 39.5 Å².